The molecule has 106 valence electrons. The summed E-state index contributed by atoms with van der Waals surface area (Å²) in [6.45, 7) is 1.03. The second kappa shape index (κ2) is 7.38. The molecule has 0 bridgehead atoms. The van der Waals surface area contributed by atoms with Gasteiger partial charge in [-0.15, -0.1) is 11.3 Å². The molecule has 1 amide bonds. The first kappa shape index (κ1) is 15.0. The smallest absolute Gasteiger partial charge is 0.226 e. The quantitative estimate of drug-likeness (QED) is 0.859. The van der Waals surface area contributed by atoms with Gasteiger partial charge in [-0.05, 0) is 24.1 Å². The minimum absolute atomic E-state index is 0.0205. The molecular weight excluding hydrogens is 294 g/mol. The summed E-state index contributed by atoms with van der Waals surface area (Å²) in [6.07, 6.45) is 1.09. The van der Waals surface area contributed by atoms with Gasteiger partial charge in [0.2, 0.25) is 5.91 Å². The van der Waals surface area contributed by atoms with Crippen LogP contribution >= 0.6 is 22.9 Å². The zero-order chi connectivity index (χ0) is 14.4. The summed E-state index contributed by atoms with van der Waals surface area (Å²) in [6, 6.07) is 7.62. The first-order chi connectivity index (χ1) is 9.67. The molecule has 0 aliphatic carbocycles. The van der Waals surface area contributed by atoms with E-state index in [2.05, 4.69) is 10.3 Å². The molecule has 0 radical (unpaired) electrons. The summed E-state index contributed by atoms with van der Waals surface area (Å²) < 4.78 is 0. The molecule has 2 rings (SSSR count). The maximum Gasteiger partial charge on any atom is 0.226 e. The molecule has 0 unspecified atom stereocenters. The standard InChI is InChI=1S/C14H16ClN3OS/c15-11-3-1-10(2-4-11)5-6-17-13(19)7-12-9-20-14(8-16)18-12/h1-4,9H,5-8,16H2,(H,17,19). The zero-order valence-corrected chi connectivity index (χ0v) is 12.5. The molecule has 0 saturated carbocycles. The Morgan fingerprint density at radius 3 is 2.75 bits per heavy atom. The van der Waals surface area contributed by atoms with Gasteiger partial charge in [-0.3, -0.25) is 4.79 Å². The molecule has 0 fully saturated rings. The number of hydrogen-bond acceptors (Lipinski definition) is 4. The second-order valence-corrected chi connectivity index (χ2v) is 5.72. The van der Waals surface area contributed by atoms with Gasteiger partial charge in [0.1, 0.15) is 5.01 Å². The van der Waals surface area contributed by atoms with Gasteiger partial charge in [0.05, 0.1) is 12.1 Å². The monoisotopic (exact) mass is 309 g/mol. The van der Waals surface area contributed by atoms with Crippen LogP contribution in [0.2, 0.25) is 5.02 Å². The van der Waals surface area contributed by atoms with Crippen molar-refractivity contribution in [1.29, 1.82) is 0 Å². The lowest BCUT2D eigenvalue weighted by Crippen LogP contribution is -2.27. The Morgan fingerprint density at radius 1 is 1.35 bits per heavy atom. The highest BCUT2D eigenvalue weighted by molar-refractivity contribution is 7.09. The third-order valence-corrected chi connectivity index (χ3v) is 3.94. The Balaban J connectivity index is 1.73. The fourth-order valence-electron chi connectivity index (χ4n) is 1.75. The zero-order valence-electron chi connectivity index (χ0n) is 10.9. The van der Waals surface area contributed by atoms with E-state index in [0.717, 1.165) is 27.7 Å². The van der Waals surface area contributed by atoms with E-state index < -0.39 is 0 Å². The molecule has 0 aliphatic heterocycles. The van der Waals surface area contributed by atoms with Gasteiger partial charge in [-0.2, -0.15) is 0 Å². The van der Waals surface area contributed by atoms with Crippen molar-refractivity contribution in [3.63, 3.8) is 0 Å². The molecule has 1 aromatic carbocycles. The average Bonchev–Trinajstić information content (AvgIpc) is 2.88. The third kappa shape index (κ3) is 4.59. The van der Waals surface area contributed by atoms with E-state index >= 15 is 0 Å². The summed E-state index contributed by atoms with van der Waals surface area (Å²) in [5, 5.41) is 6.33. The number of aromatic nitrogens is 1. The van der Waals surface area contributed by atoms with Gasteiger partial charge in [0, 0.05) is 23.5 Å². The maximum atomic E-state index is 11.8. The molecule has 0 spiro atoms. The number of thiazole rings is 1. The summed E-state index contributed by atoms with van der Waals surface area (Å²) in [4.78, 5) is 16.0. The lowest BCUT2D eigenvalue weighted by atomic mass is 10.1. The topological polar surface area (TPSA) is 68.0 Å². The highest BCUT2D eigenvalue weighted by Crippen LogP contribution is 2.10. The number of nitrogens with one attached hydrogen (secondary N) is 1. The van der Waals surface area contributed by atoms with Gasteiger partial charge in [-0.1, -0.05) is 23.7 Å². The van der Waals surface area contributed by atoms with Crippen molar-refractivity contribution in [2.45, 2.75) is 19.4 Å². The van der Waals surface area contributed by atoms with Crippen LogP contribution in [0.15, 0.2) is 29.6 Å². The van der Waals surface area contributed by atoms with E-state index in [9.17, 15) is 4.79 Å². The van der Waals surface area contributed by atoms with Crippen LogP contribution in [0, 0.1) is 0 Å². The Labute approximate surface area is 127 Å². The molecular formula is C14H16ClN3OS. The van der Waals surface area contributed by atoms with Crippen molar-refractivity contribution >= 4 is 28.8 Å². The van der Waals surface area contributed by atoms with E-state index in [4.69, 9.17) is 17.3 Å². The summed E-state index contributed by atoms with van der Waals surface area (Å²) in [5.74, 6) is -0.0205. The fourth-order valence-corrected chi connectivity index (χ4v) is 2.55. The van der Waals surface area contributed by atoms with Gasteiger partial charge in [0.25, 0.3) is 0 Å². The van der Waals surface area contributed by atoms with E-state index in [0.29, 0.717) is 19.5 Å². The van der Waals surface area contributed by atoms with Crippen LogP contribution in [0.4, 0.5) is 0 Å². The summed E-state index contributed by atoms with van der Waals surface area (Å²) in [7, 11) is 0. The van der Waals surface area contributed by atoms with Crippen LogP contribution in [0.5, 0.6) is 0 Å². The molecule has 2 aromatic rings. The predicted molar refractivity (Wildman–Crippen MR) is 81.9 cm³/mol. The minimum atomic E-state index is -0.0205. The van der Waals surface area contributed by atoms with Crippen LogP contribution in [0.25, 0.3) is 0 Å². The average molecular weight is 310 g/mol. The van der Waals surface area contributed by atoms with Gasteiger partial charge < -0.3 is 11.1 Å². The number of carbonyl (C=O) groups excluding carboxylic acids is 1. The van der Waals surface area contributed by atoms with Gasteiger partial charge in [0.15, 0.2) is 0 Å². The second-order valence-electron chi connectivity index (χ2n) is 4.34. The number of nitrogens with zero attached hydrogens (tertiary/aromatic N) is 1. The van der Waals surface area contributed by atoms with E-state index in [1.54, 1.807) is 0 Å². The maximum absolute atomic E-state index is 11.8. The van der Waals surface area contributed by atoms with Crippen molar-refractivity contribution in [3.8, 4) is 0 Å². The normalized spacial score (nSPS) is 10.5. The SMILES string of the molecule is NCc1nc(CC(=O)NCCc2ccc(Cl)cc2)cs1. The number of rotatable bonds is 6. The first-order valence-corrected chi connectivity index (χ1v) is 7.57. The van der Waals surface area contributed by atoms with E-state index in [-0.39, 0.29) is 5.91 Å². The van der Waals surface area contributed by atoms with Crippen LogP contribution in [0.3, 0.4) is 0 Å². The molecule has 6 heteroatoms. The molecule has 1 heterocycles. The van der Waals surface area contributed by atoms with Crippen molar-refractivity contribution in [2.75, 3.05) is 6.54 Å². The number of amides is 1. The molecule has 1 aromatic heterocycles. The molecule has 0 saturated heterocycles. The number of benzene rings is 1. The van der Waals surface area contributed by atoms with Crippen molar-refractivity contribution in [3.05, 3.63) is 50.9 Å². The van der Waals surface area contributed by atoms with Crippen LogP contribution in [0.1, 0.15) is 16.3 Å². The largest absolute Gasteiger partial charge is 0.355 e. The van der Waals surface area contributed by atoms with Crippen LogP contribution in [-0.2, 0) is 24.2 Å². The molecule has 20 heavy (non-hydrogen) atoms. The molecule has 0 atom stereocenters. The Kier molecular flexibility index (Phi) is 5.52. The fraction of sp³-hybridized carbons (Fsp3) is 0.286. The summed E-state index contributed by atoms with van der Waals surface area (Å²) >= 11 is 7.30. The Bertz CT molecular complexity index is 568. The van der Waals surface area contributed by atoms with Crippen molar-refractivity contribution in [2.24, 2.45) is 5.73 Å². The minimum Gasteiger partial charge on any atom is -0.355 e. The van der Waals surface area contributed by atoms with Gasteiger partial charge in [-0.25, -0.2) is 4.98 Å². The lowest BCUT2D eigenvalue weighted by molar-refractivity contribution is -0.120. The number of hydrogen-bond donors (Lipinski definition) is 2. The number of halogens is 1. The molecule has 0 aliphatic rings. The first-order valence-electron chi connectivity index (χ1n) is 6.32. The Hall–Kier alpha value is -1.43. The predicted octanol–water partition coefficient (Wildman–Crippen LogP) is 2.16. The number of nitrogens with two attached hydrogens (primary N) is 1. The molecule has 4 nitrogen and oxygen atoms in total. The highest BCUT2D eigenvalue weighted by Gasteiger charge is 2.06. The molecule has 3 N–H and O–H groups in total. The van der Waals surface area contributed by atoms with Crippen LogP contribution in [-0.4, -0.2) is 17.4 Å². The van der Waals surface area contributed by atoms with Crippen molar-refractivity contribution < 1.29 is 4.79 Å². The van der Waals surface area contributed by atoms with Crippen molar-refractivity contribution in [1.82, 2.24) is 10.3 Å². The lowest BCUT2D eigenvalue weighted by Gasteiger charge is -2.04. The van der Waals surface area contributed by atoms with E-state index in [1.807, 2.05) is 29.6 Å². The highest BCUT2D eigenvalue weighted by atomic mass is 35.5. The number of carbonyl (C=O) groups is 1. The van der Waals surface area contributed by atoms with E-state index in [1.165, 1.54) is 11.3 Å². The Morgan fingerprint density at radius 2 is 2.10 bits per heavy atom. The van der Waals surface area contributed by atoms with Crippen LogP contribution < -0.4 is 11.1 Å². The third-order valence-electron chi connectivity index (χ3n) is 2.76. The summed E-state index contributed by atoms with van der Waals surface area (Å²) in [5.41, 5.74) is 7.41. The van der Waals surface area contributed by atoms with Gasteiger partial charge >= 0.3 is 0 Å².